The zero-order valence-corrected chi connectivity index (χ0v) is 7.43. The molecule has 0 aromatic rings. The fourth-order valence-electron chi connectivity index (χ4n) is 0.940. The van der Waals surface area contributed by atoms with E-state index in [1.807, 2.05) is 0 Å². The summed E-state index contributed by atoms with van der Waals surface area (Å²) in [4.78, 5) is 2.31. The molecule has 62 valence electrons. The van der Waals surface area contributed by atoms with Crippen LogP contribution in [0.15, 0.2) is 0 Å². The second-order valence-electron chi connectivity index (χ2n) is 2.86. The summed E-state index contributed by atoms with van der Waals surface area (Å²) in [6, 6.07) is 0. The van der Waals surface area contributed by atoms with Crippen LogP contribution in [0.5, 0.6) is 0 Å². The molecule has 0 rings (SSSR count). The van der Waals surface area contributed by atoms with Crippen LogP contribution in [0.2, 0.25) is 0 Å². The maximum Gasteiger partial charge on any atom is 0.00184 e. The first kappa shape index (κ1) is 9.92. The Balaban J connectivity index is 3.41. The molecule has 0 aliphatic carbocycles. The Morgan fingerprint density at radius 3 is 2.30 bits per heavy atom. The molecule has 0 saturated carbocycles. The van der Waals surface area contributed by atoms with E-state index in [-0.39, 0.29) is 0 Å². The fraction of sp³-hybridized carbons (Fsp3) is 1.00. The van der Waals surface area contributed by atoms with Crippen molar-refractivity contribution >= 4 is 0 Å². The molecular weight excluding hydrogens is 124 g/mol. The summed E-state index contributed by atoms with van der Waals surface area (Å²) in [5.41, 5.74) is 5.56. The van der Waals surface area contributed by atoms with E-state index >= 15 is 0 Å². The van der Waals surface area contributed by atoms with Gasteiger partial charge >= 0.3 is 0 Å². The molecular formula is C8H20N2. The highest BCUT2D eigenvalue weighted by molar-refractivity contribution is 4.61. The summed E-state index contributed by atoms with van der Waals surface area (Å²) < 4.78 is 0. The van der Waals surface area contributed by atoms with Crippen LogP contribution in [-0.4, -0.2) is 31.6 Å². The number of nitrogens with zero attached hydrogens (tertiary/aromatic N) is 1. The van der Waals surface area contributed by atoms with Gasteiger partial charge in [0.2, 0.25) is 0 Å². The van der Waals surface area contributed by atoms with Gasteiger partial charge in [-0.2, -0.15) is 0 Å². The minimum atomic E-state index is 0.685. The Labute approximate surface area is 64.4 Å². The predicted octanol–water partition coefficient (Wildman–Crippen LogP) is 0.923. The highest BCUT2D eigenvalue weighted by Gasteiger charge is 2.04. The molecule has 1 unspecified atom stereocenters. The van der Waals surface area contributed by atoms with Crippen LogP contribution in [0.25, 0.3) is 0 Å². The predicted molar refractivity (Wildman–Crippen MR) is 46.0 cm³/mol. The third-order valence-corrected chi connectivity index (χ3v) is 2.02. The summed E-state index contributed by atoms with van der Waals surface area (Å²) in [5, 5.41) is 0. The van der Waals surface area contributed by atoms with Gasteiger partial charge in [-0.25, -0.2) is 0 Å². The van der Waals surface area contributed by atoms with Crippen molar-refractivity contribution in [2.75, 3.05) is 26.7 Å². The average Bonchev–Trinajstić information content (AvgIpc) is 1.99. The van der Waals surface area contributed by atoms with Gasteiger partial charge in [0.05, 0.1) is 0 Å². The Bertz CT molecular complexity index is 69.7. The van der Waals surface area contributed by atoms with Crippen LogP contribution in [0.4, 0.5) is 0 Å². The molecule has 0 aliphatic heterocycles. The van der Waals surface area contributed by atoms with E-state index in [0.717, 1.165) is 19.6 Å². The van der Waals surface area contributed by atoms with Crippen LogP contribution in [0.1, 0.15) is 20.3 Å². The minimum Gasteiger partial charge on any atom is -0.330 e. The van der Waals surface area contributed by atoms with E-state index in [2.05, 4.69) is 25.8 Å². The van der Waals surface area contributed by atoms with Gasteiger partial charge < -0.3 is 10.6 Å². The molecule has 0 spiro atoms. The van der Waals surface area contributed by atoms with Gasteiger partial charge in [-0.1, -0.05) is 20.3 Å². The smallest absolute Gasteiger partial charge is 0.00184 e. The van der Waals surface area contributed by atoms with E-state index < -0.39 is 0 Å². The third-order valence-electron chi connectivity index (χ3n) is 2.02. The fourth-order valence-corrected chi connectivity index (χ4v) is 0.940. The Morgan fingerprint density at radius 1 is 1.40 bits per heavy atom. The van der Waals surface area contributed by atoms with Gasteiger partial charge in [-0.05, 0) is 26.1 Å². The first-order valence-corrected chi connectivity index (χ1v) is 4.13. The van der Waals surface area contributed by atoms with Crippen molar-refractivity contribution in [2.24, 2.45) is 11.7 Å². The lowest BCUT2D eigenvalue weighted by atomic mass is 10.1. The topological polar surface area (TPSA) is 29.3 Å². The highest BCUT2D eigenvalue weighted by atomic mass is 15.1. The Morgan fingerprint density at radius 2 is 2.00 bits per heavy atom. The van der Waals surface area contributed by atoms with E-state index in [1.54, 1.807) is 0 Å². The average molecular weight is 144 g/mol. The van der Waals surface area contributed by atoms with E-state index in [0.29, 0.717) is 5.92 Å². The third kappa shape index (κ3) is 3.85. The molecule has 0 saturated heterocycles. The molecule has 0 fully saturated rings. The second kappa shape index (κ2) is 5.69. The van der Waals surface area contributed by atoms with Crippen LogP contribution in [-0.2, 0) is 0 Å². The van der Waals surface area contributed by atoms with Crippen molar-refractivity contribution in [2.45, 2.75) is 20.3 Å². The van der Waals surface area contributed by atoms with Gasteiger partial charge in [0.1, 0.15) is 0 Å². The van der Waals surface area contributed by atoms with Crippen molar-refractivity contribution in [3.63, 3.8) is 0 Å². The Hall–Kier alpha value is -0.0800. The lowest BCUT2D eigenvalue weighted by molar-refractivity contribution is 0.287. The monoisotopic (exact) mass is 144 g/mol. The van der Waals surface area contributed by atoms with E-state index in [4.69, 9.17) is 5.73 Å². The molecule has 0 aliphatic rings. The molecule has 1 atom stereocenters. The molecule has 0 amide bonds. The summed E-state index contributed by atoms with van der Waals surface area (Å²) in [6.45, 7) is 7.45. The first-order chi connectivity index (χ1) is 4.74. The molecule has 0 aromatic heterocycles. The largest absolute Gasteiger partial charge is 0.330 e. The van der Waals surface area contributed by atoms with E-state index in [9.17, 15) is 0 Å². The number of nitrogens with two attached hydrogens (primary N) is 1. The SMILES string of the molecule is CCC(CN)CN(C)CC. The maximum absolute atomic E-state index is 5.56. The standard InChI is InChI=1S/C8H20N2/c1-4-8(6-9)7-10(3)5-2/h8H,4-7,9H2,1-3H3. The van der Waals surface area contributed by atoms with Gasteiger partial charge in [0.15, 0.2) is 0 Å². The minimum absolute atomic E-state index is 0.685. The zero-order valence-electron chi connectivity index (χ0n) is 7.43. The molecule has 10 heavy (non-hydrogen) atoms. The zero-order chi connectivity index (χ0) is 7.98. The normalized spacial score (nSPS) is 14.1. The maximum atomic E-state index is 5.56. The number of hydrogen-bond acceptors (Lipinski definition) is 2. The molecule has 0 aromatic carbocycles. The van der Waals surface area contributed by atoms with E-state index in [1.165, 1.54) is 6.42 Å². The van der Waals surface area contributed by atoms with Crippen LogP contribution in [0.3, 0.4) is 0 Å². The summed E-state index contributed by atoms with van der Waals surface area (Å²) in [7, 11) is 2.14. The first-order valence-electron chi connectivity index (χ1n) is 4.13. The molecule has 0 radical (unpaired) electrons. The lowest BCUT2D eigenvalue weighted by Gasteiger charge is -2.19. The lowest BCUT2D eigenvalue weighted by Crippen LogP contribution is -2.29. The van der Waals surface area contributed by atoms with Gasteiger partial charge in [0, 0.05) is 6.54 Å². The Kier molecular flexibility index (Phi) is 5.64. The van der Waals surface area contributed by atoms with Crippen LogP contribution in [0, 0.1) is 5.92 Å². The van der Waals surface area contributed by atoms with Crippen molar-refractivity contribution in [1.82, 2.24) is 4.90 Å². The number of hydrogen-bond donors (Lipinski definition) is 1. The van der Waals surface area contributed by atoms with Crippen molar-refractivity contribution in [1.29, 1.82) is 0 Å². The molecule has 2 N–H and O–H groups in total. The quantitative estimate of drug-likeness (QED) is 0.622. The second-order valence-corrected chi connectivity index (χ2v) is 2.86. The van der Waals surface area contributed by atoms with Gasteiger partial charge in [-0.3, -0.25) is 0 Å². The van der Waals surface area contributed by atoms with Crippen LogP contribution < -0.4 is 5.73 Å². The summed E-state index contributed by atoms with van der Waals surface area (Å²) in [5.74, 6) is 0.685. The van der Waals surface area contributed by atoms with Crippen molar-refractivity contribution in [3.05, 3.63) is 0 Å². The molecule has 2 nitrogen and oxygen atoms in total. The van der Waals surface area contributed by atoms with Crippen LogP contribution >= 0.6 is 0 Å². The number of rotatable bonds is 5. The van der Waals surface area contributed by atoms with Crippen molar-refractivity contribution in [3.8, 4) is 0 Å². The highest BCUT2D eigenvalue weighted by Crippen LogP contribution is 2.01. The molecule has 0 heterocycles. The van der Waals surface area contributed by atoms with Crippen molar-refractivity contribution < 1.29 is 0 Å². The molecule has 2 heteroatoms. The summed E-state index contributed by atoms with van der Waals surface area (Å²) >= 11 is 0. The molecule has 0 bridgehead atoms. The summed E-state index contributed by atoms with van der Waals surface area (Å²) in [6.07, 6.45) is 1.20. The van der Waals surface area contributed by atoms with Gasteiger partial charge in [0.25, 0.3) is 0 Å². The van der Waals surface area contributed by atoms with Gasteiger partial charge in [-0.15, -0.1) is 0 Å².